The first-order valence-electron chi connectivity index (χ1n) is 5.74. The maximum atomic E-state index is 10.7. The molecule has 0 fully saturated rings. The van der Waals surface area contributed by atoms with Gasteiger partial charge >= 0.3 is 0 Å². The van der Waals surface area contributed by atoms with Crippen LogP contribution in [0.5, 0.6) is 0 Å². The van der Waals surface area contributed by atoms with Gasteiger partial charge in [0.05, 0.1) is 4.92 Å². The zero-order valence-electron chi connectivity index (χ0n) is 9.87. The molecular formula is C14H14N2O2. The SMILES string of the molecule is NCCc1cccc(-c2cccc([N+](=O)[O-])c2)c1. The minimum atomic E-state index is -0.382. The van der Waals surface area contributed by atoms with Crippen molar-refractivity contribution in [2.75, 3.05) is 6.54 Å². The second-order valence-electron chi connectivity index (χ2n) is 4.05. The van der Waals surface area contributed by atoms with Crippen molar-refractivity contribution in [3.8, 4) is 11.1 Å². The van der Waals surface area contributed by atoms with E-state index < -0.39 is 0 Å². The molecule has 0 heterocycles. The van der Waals surface area contributed by atoms with Crippen molar-refractivity contribution < 1.29 is 4.92 Å². The summed E-state index contributed by atoms with van der Waals surface area (Å²) in [5.41, 5.74) is 8.60. The largest absolute Gasteiger partial charge is 0.330 e. The highest BCUT2D eigenvalue weighted by Crippen LogP contribution is 2.24. The molecular weight excluding hydrogens is 228 g/mol. The summed E-state index contributed by atoms with van der Waals surface area (Å²) in [6.45, 7) is 0.596. The Morgan fingerprint density at radius 1 is 1.06 bits per heavy atom. The fourth-order valence-electron chi connectivity index (χ4n) is 1.87. The zero-order chi connectivity index (χ0) is 13.0. The first-order chi connectivity index (χ1) is 8.70. The van der Waals surface area contributed by atoms with Gasteiger partial charge in [-0.05, 0) is 29.7 Å². The number of benzene rings is 2. The minimum absolute atomic E-state index is 0.108. The summed E-state index contributed by atoms with van der Waals surface area (Å²) in [5, 5.41) is 10.7. The van der Waals surface area contributed by atoms with Crippen LogP contribution >= 0.6 is 0 Å². The maximum absolute atomic E-state index is 10.7. The van der Waals surface area contributed by atoms with Crippen molar-refractivity contribution in [2.45, 2.75) is 6.42 Å². The van der Waals surface area contributed by atoms with E-state index in [0.29, 0.717) is 6.54 Å². The van der Waals surface area contributed by atoms with Crippen LogP contribution in [0.2, 0.25) is 0 Å². The number of rotatable bonds is 4. The summed E-state index contributed by atoms with van der Waals surface area (Å²) in [7, 11) is 0. The molecule has 2 rings (SSSR count). The summed E-state index contributed by atoms with van der Waals surface area (Å²) < 4.78 is 0. The van der Waals surface area contributed by atoms with Crippen LogP contribution in [0.4, 0.5) is 5.69 Å². The average molecular weight is 242 g/mol. The standard InChI is InChI=1S/C14H14N2O2/c15-8-7-11-3-1-4-12(9-11)13-5-2-6-14(10-13)16(17)18/h1-6,9-10H,7-8,15H2. The Kier molecular flexibility index (Phi) is 3.69. The van der Waals surface area contributed by atoms with Crippen LogP contribution in [0.15, 0.2) is 48.5 Å². The van der Waals surface area contributed by atoms with Crippen LogP contribution in [0.25, 0.3) is 11.1 Å². The van der Waals surface area contributed by atoms with Gasteiger partial charge in [0, 0.05) is 12.1 Å². The Balaban J connectivity index is 2.38. The zero-order valence-corrected chi connectivity index (χ0v) is 9.87. The van der Waals surface area contributed by atoms with Gasteiger partial charge in [-0.2, -0.15) is 0 Å². The van der Waals surface area contributed by atoms with Crippen LogP contribution in [0, 0.1) is 10.1 Å². The molecule has 0 saturated heterocycles. The van der Waals surface area contributed by atoms with E-state index in [9.17, 15) is 10.1 Å². The fourth-order valence-corrected chi connectivity index (χ4v) is 1.87. The van der Waals surface area contributed by atoms with Crippen LogP contribution < -0.4 is 5.73 Å². The van der Waals surface area contributed by atoms with Gasteiger partial charge < -0.3 is 5.73 Å². The van der Waals surface area contributed by atoms with Crippen molar-refractivity contribution in [1.82, 2.24) is 0 Å². The monoisotopic (exact) mass is 242 g/mol. The number of hydrogen-bond acceptors (Lipinski definition) is 3. The number of hydrogen-bond donors (Lipinski definition) is 1. The van der Waals surface area contributed by atoms with Crippen molar-refractivity contribution in [3.63, 3.8) is 0 Å². The lowest BCUT2D eigenvalue weighted by atomic mass is 10.0. The minimum Gasteiger partial charge on any atom is -0.330 e. The van der Waals surface area contributed by atoms with E-state index in [1.165, 1.54) is 6.07 Å². The van der Waals surface area contributed by atoms with Crippen LogP contribution in [0.1, 0.15) is 5.56 Å². The number of nitro groups is 1. The molecule has 0 amide bonds. The number of nitro benzene ring substituents is 1. The van der Waals surface area contributed by atoms with E-state index in [0.717, 1.165) is 23.1 Å². The topological polar surface area (TPSA) is 69.2 Å². The third kappa shape index (κ3) is 2.73. The Bertz CT molecular complexity index is 567. The van der Waals surface area contributed by atoms with E-state index in [-0.39, 0.29) is 10.6 Å². The Labute approximate surface area is 105 Å². The molecule has 2 N–H and O–H groups in total. The molecule has 0 bridgehead atoms. The first kappa shape index (κ1) is 12.3. The normalized spacial score (nSPS) is 10.3. The summed E-state index contributed by atoms with van der Waals surface area (Å²) in [6.07, 6.45) is 0.808. The second-order valence-corrected chi connectivity index (χ2v) is 4.05. The molecule has 0 aliphatic heterocycles. The summed E-state index contributed by atoms with van der Waals surface area (Å²) in [4.78, 5) is 10.4. The Hall–Kier alpha value is -2.20. The van der Waals surface area contributed by atoms with E-state index in [4.69, 9.17) is 5.73 Å². The molecule has 0 saturated carbocycles. The summed E-state index contributed by atoms with van der Waals surface area (Å²) >= 11 is 0. The fraction of sp³-hybridized carbons (Fsp3) is 0.143. The summed E-state index contributed by atoms with van der Waals surface area (Å²) in [5.74, 6) is 0. The lowest BCUT2D eigenvalue weighted by Gasteiger charge is -2.04. The molecule has 0 aliphatic carbocycles. The predicted molar refractivity (Wildman–Crippen MR) is 71.3 cm³/mol. The molecule has 18 heavy (non-hydrogen) atoms. The quantitative estimate of drug-likeness (QED) is 0.662. The van der Waals surface area contributed by atoms with E-state index in [2.05, 4.69) is 0 Å². The van der Waals surface area contributed by atoms with Gasteiger partial charge in [-0.15, -0.1) is 0 Å². The molecule has 0 atom stereocenters. The number of nitrogens with two attached hydrogens (primary N) is 1. The molecule has 2 aromatic carbocycles. The molecule has 0 unspecified atom stereocenters. The molecule has 92 valence electrons. The Morgan fingerprint density at radius 2 is 1.72 bits per heavy atom. The van der Waals surface area contributed by atoms with Gasteiger partial charge in [-0.3, -0.25) is 10.1 Å². The number of nitrogens with zero attached hydrogens (tertiary/aromatic N) is 1. The molecule has 4 nitrogen and oxygen atoms in total. The highest BCUT2D eigenvalue weighted by atomic mass is 16.6. The van der Waals surface area contributed by atoms with Crippen molar-refractivity contribution in [2.24, 2.45) is 5.73 Å². The highest BCUT2D eigenvalue weighted by molar-refractivity contribution is 5.66. The van der Waals surface area contributed by atoms with Gasteiger partial charge in [-0.1, -0.05) is 36.4 Å². The lowest BCUT2D eigenvalue weighted by molar-refractivity contribution is -0.384. The van der Waals surface area contributed by atoms with Crippen LogP contribution in [0.3, 0.4) is 0 Å². The van der Waals surface area contributed by atoms with Crippen molar-refractivity contribution in [3.05, 3.63) is 64.2 Å². The molecule has 0 aliphatic rings. The van der Waals surface area contributed by atoms with E-state index in [1.54, 1.807) is 12.1 Å². The van der Waals surface area contributed by atoms with Crippen molar-refractivity contribution in [1.29, 1.82) is 0 Å². The smallest absolute Gasteiger partial charge is 0.270 e. The Morgan fingerprint density at radius 3 is 2.39 bits per heavy atom. The van der Waals surface area contributed by atoms with Gasteiger partial charge in [0.2, 0.25) is 0 Å². The maximum Gasteiger partial charge on any atom is 0.270 e. The van der Waals surface area contributed by atoms with Gasteiger partial charge in [-0.25, -0.2) is 0 Å². The predicted octanol–water partition coefficient (Wildman–Crippen LogP) is 2.76. The van der Waals surface area contributed by atoms with E-state index >= 15 is 0 Å². The van der Waals surface area contributed by atoms with E-state index in [1.807, 2.05) is 30.3 Å². The van der Waals surface area contributed by atoms with Gasteiger partial charge in [0.25, 0.3) is 5.69 Å². The molecule has 0 radical (unpaired) electrons. The second kappa shape index (κ2) is 5.42. The van der Waals surface area contributed by atoms with Crippen LogP contribution in [-0.2, 0) is 6.42 Å². The van der Waals surface area contributed by atoms with Crippen LogP contribution in [-0.4, -0.2) is 11.5 Å². The molecule has 2 aromatic rings. The summed E-state index contributed by atoms with van der Waals surface area (Å²) in [6, 6.07) is 14.6. The molecule has 4 heteroatoms. The van der Waals surface area contributed by atoms with Gasteiger partial charge in [0.1, 0.15) is 0 Å². The highest BCUT2D eigenvalue weighted by Gasteiger charge is 2.07. The average Bonchev–Trinajstić information content (AvgIpc) is 2.39. The number of non-ortho nitro benzene ring substituents is 1. The first-order valence-corrected chi connectivity index (χ1v) is 5.74. The molecule has 0 spiro atoms. The van der Waals surface area contributed by atoms with Crippen molar-refractivity contribution >= 4 is 5.69 Å². The third-order valence-corrected chi connectivity index (χ3v) is 2.75. The van der Waals surface area contributed by atoms with Gasteiger partial charge in [0.15, 0.2) is 0 Å². The molecule has 0 aromatic heterocycles. The lowest BCUT2D eigenvalue weighted by Crippen LogP contribution is -2.02. The third-order valence-electron chi connectivity index (χ3n) is 2.75.